The van der Waals surface area contributed by atoms with Gasteiger partial charge in [0.25, 0.3) is 5.69 Å². The van der Waals surface area contributed by atoms with Gasteiger partial charge in [-0.2, -0.15) is 0 Å². The van der Waals surface area contributed by atoms with Crippen LogP contribution in [0, 0.1) is 15.9 Å². The maximum atomic E-state index is 13.8. The van der Waals surface area contributed by atoms with E-state index in [2.05, 4.69) is 4.98 Å². The van der Waals surface area contributed by atoms with Gasteiger partial charge >= 0.3 is 0 Å². The van der Waals surface area contributed by atoms with Crippen molar-refractivity contribution in [2.24, 2.45) is 7.05 Å². The van der Waals surface area contributed by atoms with E-state index in [1.54, 1.807) is 29.8 Å². The van der Waals surface area contributed by atoms with E-state index in [9.17, 15) is 14.5 Å². The molecule has 0 fully saturated rings. The standard InChI is InChI=1S/C14H11FN4O2/c1-18-11-4-2-3-9(15)13(11)17-14(18)8-5-6-10(16)12(7-8)19(20)21/h2-7H,16H2,1H3. The summed E-state index contributed by atoms with van der Waals surface area (Å²) >= 11 is 0. The molecular formula is C14H11FN4O2. The number of aromatic nitrogens is 2. The normalized spacial score (nSPS) is 11.0. The monoisotopic (exact) mass is 286 g/mol. The third-order valence-electron chi connectivity index (χ3n) is 3.35. The molecule has 0 radical (unpaired) electrons. The number of nitrogen functional groups attached to an aromatic ring is 1. The number of anilines is 1. The van der Waals surface area contributed by atoms with Gasteiger partial charge in [0.1, 0.15) is 17.0 Å². The first kappa shape index (κ1) is 13.0. The first-order valence-corrected chi connectivity index (χ1v) is 6.14. The second-order valence-electron chi connectivity index (χ2n) is 4.63. The van der Waals surface area contributed by atoms with Crippen LogP contribution in [0.15, 0.2) is 36.4 Å². The second-order valence-corrected chi connectivity index (χ2v) is 4.63. The molecule has 1 heterocycles. The third-order valence-corrected chi connectivity index (χ3v) is 3.35. The smallest absolute Gasteiger partial charge is 0.292 e. The maximum Gasteiger partial charge on any atom is 0.292 e. The molecule has 0 saturated carbocycles. The van der Waals surface area contributed by atoms with Gasteiger partial charge in [0.2, 0.25) is 0 Å². The average molecular weight is 286 g/mol. The van der Waals surface area contributed by atoms with Gasteiger partial charge in [-0.3, -0.25) is 10.1 Å². The van der Waals surface area contributed by atoms with Crippen molar-refractivity contribution in [1.29, 1.82) is 0 Å². The molecule has 0 bridgehead atoms. The van der Waals surface area contributed by atoms with Crippen LogP contribution in [0.4, 0.5) is 15.8 Å². The largest absolute Gasteiger partial charge is 0.393 e. The number of fused-ring (bicyclic) bond motifs is 1. The molecule has 0 aliphatic carbocycles. The molecule has 21 heavy (non-hydrogen) atoms. The minimum absolute atomic E-state index is 0.0775. The van der Waals surface area contributed by atoms with E-state index < -0.39 is 10.7 Å². The van der Waals surface area contributed by atoms with Crippen molar-refractivity contribution in [3.8, 4) is 11.4 Å². The molecule has 0 aliphatic heterocycles. The summed E-state index contributed by atoms with van der Waals surface area (Å²) in [6.45, 7) is 0. The fourth-order valence-electron chi connectivity index (χ4n) is 2.28. The van der Waals surface area contributed by atoms with Crippen molar-refractivity contribution >= 4 is 22.4 Å². The van der Waals surface area contributed by atoms with Crippen molar-refractivity contribution in [2.75, 3.05) is 5.73 Å². The molecule has 2 aromatic carbocycles. The van der Waals surface area contributed by atoms with Crippen LogP contribution >= 0.6 is 0 Å². The lowest BCUT2D eigenvalue weighted by molar-refractivity contribution is -0.383. The van der Waals surface area contributed by atoms with E-state index >= 15 is 0 Å². The van der Waals surface area contributed by atoms with Crippen LogP contribution in [-0.2, 0) is 7.05 Å². The van der Waals surface area contributed by atoms with Crippen LogP contribution in [0.3, 0.4) is 0 Å². The lowest BCUT2D eigenvalue weighted by atomic mass is 10.1. The van der Waals surface area contributed by atoms with Gasteiger partial charge in [0, 0.05) is 18.7 Å². The number of rotatable bonds is 2. The van der Waals surface area contributed by atoms with E-state index in [-0.39, 0.29) is 16.9 Å². The molecule has 0 amide bonds. The Balaban J connectivity index is 2.26. The van der Waals surface area contributed by atoms with Crippen LogP contribution < -0.4 is 5.73 Å². The molecule has 2 N–H and O–H groups in total. The fraction of sp³-hybridized carbons (Fsp3) is 0.0714. The van der Waals surface area contributed by atoms with Gasteiger partial charge in [-0.05, 0) is 24.3 Å². The maximum absolute atomic E-state index is 13.8. The summed E-state index contributed by atoms with van der Waals surface area (Å²) < 4.78 is 15.5. The topological polar surface area (TPSA) is 87.0 Å². The Morgan fingerprint density at radius 2 is 2.10 bits per heavy atom. The highest BCUT2D eigenvalue weighted by Crippen LogP contribution is 2.30. The predicted molar refractivity (Wildman–Crippen MR) is 77.2 cm³/mol. The van der Waals surface area contributed by atoms with Crippen LogP contribution in [0.1, 0.15) is 0 Å². The van der Waals surface area contributed by atoms with Gasteiger partial charge in [-0.15, -0.1) is 0 Å². The SMILES string of the molecule is Cn1c(-c2ccc(N)c([N+](=O)[O-])c2)nc2c(F)cccc21. The highest BCUT2D eigenvalue weighted by atomic mass is 19.1. The Morgan fingerprint density at radius 3 is 2.76 bits per heavy atom. The molecule has 106 valence electrons. The molecule has 0 saturated heterocycles. The number of para-hydroxylation sites is 1. The van der Waals surface area contributed by atoms with E-state index in [1.807, 2.05) is 0 Å². The summed E-state index contributed by atoms with van der Waals surface area (Å²) in [5.74, 6) is 0.0116. The number of hydrogen-bond donors (Lipinski definition) is 1. The molecule has 0 unspecified atom stereocenters. The van der Waals surface area contributed by atoms with Gasteiger partial charge in [-0.1, -0.05) is 6.07 Å². The lowest BCUT2D eigenvalue weighted by Crippen LogP contribution is -1.98. The van der Waals surface area contributed by atoms with Crippen molar-refractivity contribution < 1.29 is 9.31 Å². The van der Waals surface area contributed by atoms with Gasteiger partial charge in [0.05, 0.1) is 10.4 Å². The summed E-state index contributed by atoms with van der Waals surface area (Å²) in [6, 6.07) is 9.07. The Kier molecular flexibility index (Phi) is 2.83. The molecule has 7 heteroatoms. The quantitative estimate of drug-likeness (QED) is 0.446. The Hall–Kier alpha value is -2.96. The van der Waals surface area contributed by atoms with Crippen LogP contribution in [-0.4, -0.2) is 14.5 Å². The van der Waals surface area contributed by atoms with Crippen molar-refractivity contribution in [1.82, 2.24) is 9.55 Å². The van der Waals surface area contributed by atoms with E-state index in [1.165, 1.54) is 18.2 Å². The van der Waals surface area contributed by atoms with E-state index in [0.717, 1.165) is 0 Å². The highest BCUT2D eigenvalue weighted by Gasteiger charge is 2.17. The van der Waals surface area contributed by atoms with Gasteiger partial charge in [0.15, 0.2) is 5.82 Å². The number of nitro benzene ring substituents is 1. The number of nitro groups is 1. The highest BCUT2D eigenvalue weighted by molar-refractivity contribution is 5.82. The van der Waals surface area contributed by atoms with E-state index in [0.29, 0.717) is 16.9 Å². The summed E-state index contributed by atoms with van der Waals surface area (Å²) in [6.07, 6.45) is 0. The number of benzene rings is 2. The fourth-order valence-corrected chi connectivity index (χ4v) is 2.28. The van der Waals surface area contributed by atoms with Gasteiger partial charge < -0.3 is 10.3 Å². The second kappa shape index (κ2) is 4.55. The Morgan fingerprint density at radius 1 is 1.33 bits per heavy atom. The first-order chi connectivity index (χ1) is 9.99. The molecule has 0 atom stereocenters. The Labute approximate surface area is 118 Å². The minimum Gasteiger partial charge on any atom is -0.393 e. The first-order valence-electron chi connectivity index (χ1n) is 6.14. The molecule has 1 aromatic heterocycles. The summed E-state index contributed by atoms with van der Waals surface area (Å²) in [5.41, 5.74) is 6.81. The predicted octanol–water partition coefficient (Wildman–Crippen LogP) is 2.87. The van der Waals surface area contributed by atoms with Crippen LogP contribution in [0.2, 0.25) is 0 Å². The van der Waals surface area contributed by atoms with Gasteiger partial charge in [-0.25, -0.2) is 9.37 Å². The molecule has 0 aliphatic rings. The van der Waals surface area contributed by atoms with Crippen LogP contribution in [0.5, 0.6) is 0 Å². The zero-order chi connectivity index (χ0) is 15.1. The zero-order valence-electron chi connectivity index (χ0n) is 11.1. The molecular weight excluding hydrogens is 275 g/mol. The number of nitrogens with zero attached hydrogens (tertiary/aromatic N) is 3. The molecule has 3 rings (SSSR count). The third kappa shape index (κ3) is 1.99. The lowest BCUT2D eigenvalue weighted by Gasteiger charge is -2.04. The van der Waals surface area contributed by atoms with Crippen LogP contribution in [0.25, 0.3) is 22.4 Å². The zero-order valence-corrected chi connectivity index (χ0v) is 11.1. The van der Waals surface area contributed by atoms with E-state index in [4.69, 9.17) is 5.73 Å². The number of imidazole rings is 1. The summed E-state index contributed by atoms with van der Waals surface area (Å²) in [4.78, 5) is 14.6. The molecule has 3 aromatic rings. The van der Waals surface area contributed by atoms with Crippen molar-refractivity contribution in [2.45, 2.75) is 0 Å². The number of halogens is 1. The molecule has 0 spiro atoms. The minimum atomic E-state index is -0.554. The Bertz CT molecular complexity index is 873. The summed E-state index contributed by atoms with van der Waals surface area (Å²) in [5, 5.41) is 11.0. The number of aryl methyl sites for hydroxylation is 1. The van der Waals surface area contributed by atoms with Crippen molar-refractivity contribution in [3.05, 3.63) is 52.3 Å². The average Bonchev–Trinajstić information content (AvgIpc) is 2.78. The number of hydrogen-bond acceptors (Lipinski definition) is 4. The number of nitrogens with two attached hydrogens (primary N) is 1. The molecule has 6 nitrogen and oxygen atoms in total. The van der Waals surface area contributed by atoms with Crippen molar-refractivity contribution in [3.63, 3.8) is 0 Å². The summed E-state index contributed by atoms with van der Waals surface area (Å²) in [7, 11) is 1.73.